The summed E-state index contributed by atoms with van der Waals surface area (Å²) < 4.78 is 9.47. The highest BCUT2D eigenvalue weighted by atomic mass is 16.7. The summed E-state index contributed by atoms with van der Waals surface area (Å²) >= 11 is 0. The molecule has 41 heavy (non-hydrogen) atoms. The molecule has 0 radical (unpaired) electrons. The van der Waals surface area contributed by atoms with Gasteiger partial charge in [0.15, 0.2) is 5.78 Å². The first kappa shape index (κ1) is 29.8. The molecule has 2 aromatic carbocycles. The minimum absolute atomic E-state index is 0.0228. The van der Waals surface area contributed by atoms with Gasteiger partial charge in [-0.3, -0.25) is 14.5 Å². The lowest BCUT2D eigenvalue weighted by atomic mass is 9.83. The molecule has 1 heterocycles. The number of anilines is 2. The van der Waals surface area contributed by atoms with Gasteiger partial charge in [-0.25, -0.2) is 14.6 Å². The highest BCUT2D eigenvalue weighted by molar-refractivity contribution is 6.13. The second kappa shape index (κ2) is 13.0. The Balaban J connectivity index is 1.62. The van der Waals surface area contributed by atoms with Crippen LogP contribution in [0.4, 0.5) is 21.0 Å². The number of para-hydroxylation sites is 1. The maximum atomic E-state index is 14.0. The number of fused-ring (bicyclic) bond motifs is 1. The van der Waals surface area contributed by atoms with Gasteiger partial charge in [-0.05, 0) is 36.6 Å². The van der Waals surface area contributed by atoms with Crippen LogP contribution < -0.4 is 10.2 Å². The lowest BCUT2D eigenvalue weighted by Crippen LogP contribution is -2.47. The SMILES string of the molecule is COC(=O)OCc1cccc(NC(=O)CN2N=C(C3CCCCC3)c3ccccc3N(CC(=O)C(C)(C)C)C2=O)c1. The van der Waals surface area contributed by atoms with E-state index in [1.165, 1.54) is 17.0 Å². The Morgan fingerprint density at radius 1 is 1.00 bits per heavy atom. The van der Waals surface area contributed by atoms with E-state index in [-0.39, 0.29) is 31.4 Å². The first-order chi connectivity index (χ1) is 19.6. The monoisotopic (exact) mass is 562 g/mol. The minimum atomic E-state index is -0.804. The van der Waals surface area contributed by atoms with E-state index in [0.29, 0.717) is 16.9 Å². The number of ketones is 1. The fourth-order valence-electron chi connectivity index (χ4n) is 4.99. The topological polar surface area (TPSA) is 118 Å². The van der Waals surface area contributed by atoms with Gasteiger partial charge in [0.2, 0.25) is 5.91 Å². The van der Waals surface area contributed by atoms with Gasteiger partial charge in [0, 0.05) is 22.6 Å². The molecule has 2 aliphatic rings. The molecule has 1 saturated carbocycles. The van der Waals surface area contributed by atoms with E-state index in [4.69, 9.17) is 9.84 Å². The molecule has 1 aliphatic heterocycles. The van der Waals surface area contributed by atoms with Crippen LogP contribution in [-0.4, -0.2) is 54.8 Å². The van der Waals surface area contributed by atoms with Crippen LogP contribution in [-0.2, 0) is 25.7 Å². The number of hydrazone groups is 1. The number of rotatable bonds is 8. The van der Waals surface area contributed by atoms with Gasteiger partial charge in [0.1, 0.15) is 13.2 Å². The summed E-state index contributed by atoms with van der Waals surface area (Å²) in [4.78, 5) is 53.1. The van der Waals surface area contributed by atoms with Crippen molar-refractivity contribution in [1.82, 2.24) is 5.01 Å². The normalized spacial score (nSPS) is 15.9. The summed E-state index contributed by atoms with van der Waals surface area (Å²) in [7, 11) is 1.23. The van der Waals surface area contributed by atoms with Crippen LogP contribution in [0.25, 0.3) is 0 Å². The lowest BCUT2D eigenvalue weighted by Gasteiger charge is -2.28. The molecule has 1 N–H and O–H groups in total. The van der Waals surface area contributed by atoms with Gasteiger partial charge in [0.25, 0.3) is 0 Å². The van der Waals surface area contributed by atoms with Gasteiger partial charge in [-0.15, -0.1) is 0 Å². The van der Waals surface area contributed by atoms with Crippen molar-refractivity contribution in [3.63, 3.8) is 0 Å². The molecule has 10 heteroatoms. The molecular formula is C31H38N4O6. The van der Waals surface area contributed by atoms with Crippen molar-refractivity contribution in [3.8, 4) is 0 Å². The second-order valence-electron chi connectivity index (χ2n) is 11.4. The Labute approximate surface area is 240 Å². The summed E-state index contributed by atoms with van der Waals surface area (Å²) in [6.07, 6.45) is 4.39. The number of benzene rings is 2. The molecule has 0 spiro atoms. The molecular weight excluding hydrogens is 524 g/mol. The van der Waals surface area contributed by atoms with Crippen LogP contribution in [0, 0.1) is 11.3 Å². The Morgan fingerprint density at radius 3 is 2.44 bits per heavy atom. The number of amides is 3. The van der Waals surface area contributed by atoms with Crippen LogP contribution in [0.5, 0.6) is 0 Å². The van der Waals surface area contributed by atoms with E-state index >= 15 is 0 Å². The third-order valence-electron chi connectivity index (χ3n) is 7.31. The standard InChI is InChI=1S/C31H38N4O6/c1-31(2,3)26(36)18-34-25-16-9-8-15-24(25)28(22-12-6-5-7-13-22)33-35(29(34)38)19-27(37)32-23-14-10-11-21(17-23)20-41-30(39)40-4/h8-11,14-17,22H,5-7,12-13,18-20H2,1-4H3,(H,32,37). The van der Waals surface area contributed by atoms with E-state index < -0.39 is 23.5 Å². The summed E-state index contributed by atoms with van der Waals surface area (Å²) in [5.74, 6) is -0.408. The van der Waals surface area contributed by atoms with E-state index in [2.05, 4.69) is 10.1 Å². The maximum absolute atomic E-state index is 14.0. The minimum Gasteiger partial charge on any atom is -0.438 e. The molecule has 0 bridgehead atoms. The first-order valence-electron chi connectivity index (χ1n) is 14.0. The van der Waals surface area contributed by atoms with Gasteiger partial charge < -0.3 is 14.8 Å². The van der Waals surface area contributed by atoms with E-state index in [0.717, 1.165) is 43.4 Å². The Morgan fingerprint density at radius 2 is 1.73 bits per heavy atom. The molecule has 1 fully saturated rings. The number of hydrogen-bond donors (Lipinski definition) is 1. The summed E-state index contributed by atoms with van der Waals surface area (Å²) in [6.45, 7) is 4.97. The Bertz CT molecular complexity index is 1330. The number of nitrogens with zero attached hydrogens (tertiary/aromatic N) is 3. The van der Waals surface area contributed by atoms with E-state index in [1.807, 2.05) is 45.0 Å². The number of ether oxygens (including phenoxy) is 2. The average molecular weight is 563 g/mol. The van der Waals surface area contributed by atoms with Crippen LogP contribution in [0.3, 0.4) is 0 Å². The quantitative estimate of drug-likeness (QED) is 0.410. The summed E-state index contributed by atoms with van der Waals surface area (Å²) in [6, 6.07) is 13.8. The third-order valence-corrected chi connectivity index (χ3v) is 7.31. The van der Waals surface area contributed by atoms with Crippen LogP contribution in [0.2, 0.25) is 0 Å². The van der Waals surface area contributed by atoms with E-state index in [1.54, 1.807) is 24.3 Å². The van der Waals surface area contributed by atoms with Crippen molar-refractivity contribution in [1.29, 1.82) is 0 Å². The van der Waals surface area contributed by atoms with Gasteiger partial charge >= 0.3 is 12.2 Å². The van der Waals surface area contributed by atoms with Crippen molar-refractivity contribution in [2.75, 3.05) is 30.4 Å². The maximum Gasteiger partial charge on any atom is 0.508 e. The van der Waals surface area contributed by atoms with Gasteiger partial charge in [0.05, 0.1) is 25.1 Å². The molecule has 10 nitrogen and oxygen atoms in total. The predicted molar refractivity (Wildman–Crippen MR) is 156 cm³/mol. The fourth-order valence-corrected chi connectivity index (χ4v) is 4.99. The van der Waals surface area contributed by atoms with Crippen molar-refractivity contribution in [3.05, 3.63) is 59.7 Å². The number of Topliss-reactive ketones (excluding diaryl/α,β-unsaturated/α-hetero) is 1. The molecule has 0 unspecified atom stereocenters. The van der Waals surface area contributed by atoms with Crippen LogP contribution in [0.1, 0.15) is 64.0 Å². The van der Waals surface area contributed by atoms with E-state index in [9.17, 15) is 19.2 Å². The fraction of sp³-hybridized carbons (Fsp3) is 0.452. The zero-order valence-electron chi connectivity index (χ0n) is 24.1. The lowest BCUT2D eigenvalue weighted by molar-refractivity contribution is -0.124. The largest absolute Gasteiger partial charge is 0.508 e. The number of nitrogens with one attached hydrogen (secondary N) is 1. The third kappa shape index (κ3) is 7.50. The smallest absolute Gasteiger partial charge is 0.438 e. The average Bonchev–Trinajstić information content (AvgIpc) is 3.06. The summed E-state index contributed by atoms with van der Waals surface area (Å²) in [5, 5.41) is 8.80. The highest BCUT2D eigenvalue weighted by Gasteiger charge is 2.36. The molecule has 0 atom stereocenters. The number of carbonyl (C=O) groups excluding carboxylic acids is 4. The summed E-state index contributed by atoms with van der Waals surface area (Å²) in [5.41, 5.74) is 2.69. The molecule has 4 rings (SSSR count). The van der Waals surface area contributed by atoms with Crippen molar-refractivity contribution in [2.45, 2.75) is 59.5 Å². The van der Waals surface area contributed by atoms with Crippen molar-refractivity contribution < 1.29 is 28.7 Å². The molecule has 218 valence electrons. The van der Waals surface area contributed by atoms with Gasteiger partial charge in [-0.1, -0.05) is 70.4 Å². The van der Waals surface area contributed by atoms with Crippen molar-refractivity contribution in [2.24, 2.45) is 16.4 Å². The predicted octanol–water partition coefficient (Wildman–Crippen LogP) is 5.75. The van der Waals surface area contributed by atoms with Crippen molar-refractivity contribution >= 4 is 41.0 Å². The number of urea groups is 1. The Kier molecular flexibility index (Phi) is 9.42. The Hall–Kier alpha value is -4.21. The second-order valence-corrected chi connectivity index (χ2v) is 11.4. The zero-order chi connectivity index (χ0) is 29.6. The number of methoxy groups -OCH3 is 1. The molecule has 1 aliphatic carbocycles. The number of hydrogen-bond acceptors (Lipinski definition) is 7. The molecule has 2 aromatic rings. The van der Waals surface area contributed by atoms with Crippen LogP contribution in [0.15, 0.2) is 53.6 Å². The van der Waals surface area contributed by atoms with Crippen LogP contribution >= 0.6 is 0 Å². The highest BCUT2D eigenvalue weighted by Crippen LogP contribution is 2.34. The molecule has 0 saturated heterocycles. The molecule has 3 amide bonds. The number of carbonyl (C=O) groups is 4. The molecule has 0 aromatic heterocycles. The zero-order valence-corrected chi connectivity index (χ0v) is 24.1. The first-order valence-corrected chi connectivity index (χ1v) is 14.0. The van der Waals surface area contributed by atoms with Gasteiger partial charge in [-0.2, -0.15) is 5.10 Å².